The van der Waals surface area contributed by atoms with Crippen LogP contribution in [0.5, 0.6) is 0 Å². The Labute approximate surface area is 48.6 Å². The van der Waals surface area contributed by atoms with Gasteiger partial charge in [0.15, 0.2) is 0 Å². The molecule has 0 spiro atoms. The number of hydroxylamine groups is 2. The van der Waals surface area contributed by atoms with Crippen LogP contribution in [0.2, 0.25) is 0 Å². The van der Waals surface area contributed by atoms with Gasteiger partial charge in [0.2, 0.25) is 0 Å². The van der Waals surface area contributed by atoms with E-state index in [4.69, 9.17) is 0 Å². The van der Waals surface area contributed by atoms with Crippen LogP contribution >= 0.6 is 12.4 Å². The Morgan fingerprint density at radius 1 is 1.57 bits per heavy atom. The minimum absolute atomic E-state index is 0. The van der Waals surface area contributed by atoms with E-state index in [-0.39, 0.29) is 12.4 Å². The molecular formula is C3H8ClNO2. The third-order valence-electron chi connectivity index (χ3n) is 0.254. The van der Waals surface area contributed by atoms with Gasteiger partial charge in [-0.25, -0.2) is 0 Å². The maximum absolute atomic E-state index is 9.35. The average Bonchev–Trinajstić information content (AvgIpc) is 1.35. The average molecular weight is 126 g/mol. The normalized spacial score (nSPS) is 7.29. The SMILES string of the molecule is CN(C)OC=O.Cl. The topological polar surface area (TPSA) is 29.5 Å². The van der Waals surface area contributed by atoms with E-state index in [9.17, 15) is 4.79 Å². The first kappa shape index (κ1) is 9.87. The zero-order valence-electron chi connectivity index (χ0n) is 4.25. The number of carbonyl (C=O) groups is 1. The van der Waals surface area contributed by atoms with Crippen LogP contribution in [-0.4, -0.2) is 25.6 Å². The predicted octanol–water partition coefficient (Wildman–Crippen LogP) is 0.0578. The summed E-state index contributed by atoms with van der Waals surface area (Å²) in [4.78, 5) is 13.5. The van der Waals surface area contributed by atoms with Crippen molar-refractivity contribution in [1.29, 1.82) is 0 Å². The molecule has 0 saturated heterocycles. The summed E-state index contributed by atoms with van der Waals surface area (Å²) in [6.07, 6.45) is 0. The monoisotopic (exact) mass is 125 g/mol. The van der Waals surface area contributed by atoms with Gasteiger partial charge in [-0.05, 0) is 0 Å². The van der Waals surface area contributed by atoms with E-state index in [1.165, 1.54) is 5.06 Å². The Morgan fingerprint density at radius 3 is 2.00 bits per heavy atom. The molecule has 0 aliphatic heterocycles. The first-order chi connectivity index (χ1) is 2.77. The Kier molecular flexibility index (Phi) is 8.06. The Morgan fingerprint density at radius 2 is 2.00 bits per heavy atom. The van der Waals surface area contributed by atoms with Crippen LogP contribution < -0.4 is 0 Å². The van der Waals surface area contributed by atoms with E-state index < -0.39 is 0 Å². The molecule has 0 fully saturated rings. The van der Waals surface area contributed by atoms with E-state index >= 15 is 0 Å². The molecule has 3 nitrogen and oxygen atoms in total. The largest absolute Gasteiger partial charge is 0.371 e. The Bertz CT molecular complexity index is 48.2. The molecule has 0 radical (unpaired) electrons. The van der Waals surface area contributed by atoms with Crippen LogP contribution in [0.1, 0.15) is 0 Å². The fraction of sp³-hybridized carbons (Fsp3) is 0.667. The molecule has 0 amide bonds. The van der Waals surface area contributed by atoms with Gasteiger partial charge in [0.25, 0.3) is 0 Å². The van der Waals surface area contributed by atoms with Crippen LogP contribution in [0.3, 0.4) is 0 Å². The van der Waals surface area contributed by atoms with Crippen LogP contribution in [0.25, 0.3) is 0 Å². The number of hydrogen-bond acceptors (Lipinski definition) is 3. The third kappa shape index (κ3) is 10.7. The molecule has 0 unspecified atom stereocenters. The highest BCUT2D eigenvalue weighted by atomic mass is 35.5. The summed E-state index contributed by atoms with van der Waals surface area (Å²) in [6.45, 7) is 0.375. The predicted molar refractivity (Wildman–Crippen MR) is 28.1 cm³/mol. The van der Waals surface area contributed by atoms with E-state index in [0.29, 0.717) is 6.47 Å². The second-order valence-electron chi connectivity index (χ2n) is 1.01. The number of hydrogen-bond donors (Lipinski definition) is 0. The van der Waals surface area contributed by atoms with E-state index in [1.54, 1.807) is 14.1 Å². The molecule has 7 heavy (non-hydrogen) atoms. The smallest absolute Gasteiger partial charge is 0.312 e. The van der Waals surface area contributed by atoms with Crippen LogP contribution in [0.15, 0.2) is 0 Å². The van der Waals surface area contributed by atoms with Gasteiger partial charge in [-0.2, -0.15) is 0 Å². The second-order valence-corrected chi connectivity index (χ2v) is 1.01. The Hall–Kier alpha value is -0.280. The molecule has 0 atom stereocenters. The van der Waals surface area contributed by atoms with E-state index in [0.717, 1.165) is 0 Å². The molecular weight excluding hydrogens is 117 g/mol. The zero-order chi connectivity index (χ0) is 4.99. The summed E-state index contributed by atoms with van der Waals surface area (Å²) < 4.78 is 0. The Balaban J connectivity index is 0. The molecule has 0 saturated carbocycles. The maximum atomic E-state index is 9.35. The van der Waals surface area contributed by atoms with Crippen molar-refractivity contribution in [2.45, 2.75) is 0 Å². The fourth-order valence-electron chi connectivity index (χ4n) is 0.0861. The third-order valence-corrected chi connectivity index (χ3v) is 0.254. The highest BCUT2D eigenvalue weighted by Gasteiger charge is 1.77. The summed E-state index contributed by atoms with van der Waals surface area (Å²) in [5.41, 5.74) is 0. The number of nitrogens with zero attached hydrogens (tertiary/aromatic N) is 1. The quantitative estimate of drug-likeness (QED) is 0.386. The lowest BCUT2D eigenvalue weighted by atomic mass is 11.2. The lowest BCUT2D eigenvalue weighted by Gasteiger charge is -2.01. The summed E-state index contributed by atoms with van der Waals surface area (Å²) >= 11 is 0. The summed E-state index contributed by atoms with van der Waals surface area (Å²) in [7, 11) is 3.27. The number of carbonyl (C=O) groups excluding carboxylic acids is 1. The highest BCUT2D eigenvalue weighted by molar-refractivity contribution is 5.85. The van der Waals surface area contributed by atoms with Gasteiger partial charge < -0.3 is 4.84 Å². The molecule has 0 aromatic heterocycles. The molecule has 0 rings (SSSR count). The van der Waals surface area contributed by atoms with Crippen LogP contribution in [0, 0.1) is 0 Å². The number of halogens is 1. The fourth-order valence-corrected chi connectivity index (χ4v) is 0.0861. The molecule has 0 N–H and O–H groups in total. The first-order valence-electron chi connectivity index (χ1n) is 1.55. The van der Waals surface area contributed by atoms with Gasteiger partial charge in [-0.15, -0.1) is 17.5 Å². The molecule has 4 heteroatoms. The number of rotatable bonds is 2. The molecule has 0 aromatic carbocycles. The van der Waals surface area contributed by atoms with Crippen molar-refractivity contribution in [2.24, 2.45) is 0 Å². The van der Waals surface area contributed by atoms with Crippen molar-refractivity contribution < 1.29 is 9.63 Å². The van der Waals surface area contributed by atoms with Gasteiger partial charge in [-0.1, -0.05) is 0 Å². The van der Waals surface area contributed by atoms with Gasteiger partial charge >= 0.3 is 6.47 Å². The maximum Gasteiger partial charge on any atom is 0.312 e. The van der Waals surface area contributed by atoms with Crippen molar-refractivity contribution in [3.8, 4) is 0 Å². The minimum Gasteiger partial charge on any atom is -0.371 e. The van der Waals surface area contributed by atoms with E-state index in [2.05, 4.69) is 4.84 Å². The molecule has 0 heterocycles. The van der Waals surface area contributed by atoms with Gasteiger partial charge in [-0.3, -0.25) is 4.79 Å². The van der Waals surface area contributed by atoms with Crippen LogP contribution in [-0.2, 0) is 9.63 Å². The van der Waals surface area contributed by atoms with Crippen molar-refractivity contribution in [3.05, 3.63) is 0 Å². The van der Waals surface area contributed by atoms with Crippen LogP contribution in [0.4, 0.5) is 0 Å². The highest BCUT2D eigenvalue weighted by Crippen LogP contribution is 1.66. The zero-order valence-corrected chi connectivity index (χ0v) is 5.07. The van der Waals surface area contributed by atoms with Gasteiger partial charge in [0, 0.05) is 14.1 Å². The van der Waals surface area contributed by atoms with Crippen molar-refractivity contribution >= 4 is 18.9 Å². The van der Waals surface area contributed by atoms with E-state index in [1.807, 2.05) is 0 Å². The first-order valence-corrected chi connectivity index (χ1v) is 1.55. The second kappa shape index (κ2) is 5.72. The minimum atomic E-state index is 0. The summed E-state index contributed by atoms with van der Waals surface area (Å²) in [5.74, 6) is 0. The molecule has 0 bridgehead atoms. The van der Waals surface area contributed by atoms with Gasteiger partial charge in [0.05, 0.1) is 0 Å². The van der Waals surface area contributed by atoms with Crippen molar-refractivity contribution in [1.82, 2.24) is 5.06 Å². The molecule has 0 aromatic rings. The molecule has 0 aliphatic rings. The molecule has 0 aliphatic carbocycles. The van der Waals surface area contributed by atoms with Crippen molar-refractivity contribution in [3.63, 3.8) is 0 Å². The summed E-state index contributed by atoms with van der Waals surface area (Å²) in [5, 5.41) is 1.31. The standard InChI is InChI=1S/C3H7NO2.ClH/c1-4(2)6-3-5;/h3H,1-2H3;1H. The van der Waals surface area contributed by atoms with Gasteiger partial charge in [0.1, 0.15) is 0 Å². The van der Waals surface area contributed by atoms with Crippen molar-refractivity contribution in [2.75, 3.05) is 14.1 Å². The lowest BCUT2D eigenvalue weighted by Crippen LogP contribution is -2.10. The summed E-state index contributed by atoms with van der Waals surface area (Å²) in [6, 6.07) is 0. The molecule has 44 valence electrons. The lowest BCUT2D eigenvalue weighted by molar-refractivity contribution is -0.160.